The van der Waals surface area contributed by atoms with Crippen molar-refractivity contribution < 1.29 is 8.42 Å². The van der Waals surface area contributed by atoms with E-state index < -0.39 is 16.1 Å². The molecule has 1 atom stereocenters. The fourth-order valence-electron chi connectivity index (χ4n) is 1.77. The van der Waals surface area contributed by atoms with E-state index in [-0.39, 0.29) is 5.03 Å². The lowest BCUT2D eigenvalue weighted by atomic mass is 10.3. The molecule has 0 saturated carbocycles. The number of H-pyrrole nitrogens is 1. The molecule has 2 heterocycles. The Bertz CT molecular complexity index is 671. The summed E-state index contributed by atoms with van der Waals surface area (Å²) < 4.78 is 27.4. The van der Waals surface area contributed by atoms with Crippen LogP contribution in [0.3, 0.4) is 0 Å². The molecule has 0 spiro atoms. The van der Waals surface area contributed by atoms with Crippen LogP contribution in [0.15, 0.2) is 29.7 Å². The molecule has 9 heteroatoms. The van der Waals surface area contributed by atoms with E-state index in [1.54, 1.807) is 19.1 Å². The Morgan fingerprint density at radius 3 is 2.86 bits per heavy atom. The minimum absolute atomic E-state index is 0.0233. The average molecular weight is 310 g/mol. The van der Waals surface area contributed by atoms with Gasteiger partial charge in [0.1, 0.15) is 12.2 Å². The second-order valence-electron chi connectivity index (χ2n) is 4.50. The molecule has 3 N–H and O–H groups in total. The first-order valence-corrected chi connectivity index (χ1v) is 8.09. The summed E-state index contributed by atoms with van der Waals surface area (Å²) in [6.07, 6.45) is 3.66. The second-order valence-corrected chi connectivity index (χ2v) is 6.13. The van der Waals surface area contributed by atoms with Crippen molar-refractivity contribution in [1.29, 1.82) is 0 Å². The van der Waals surface area contributed by atoms with Crippen molar-refractivity contribution in [2.45, 2.75) is 31.3 Å². The summed E-state index contributed by atoms with van der Waals surface area (Å²) in [4.78, 5) is 7.91. The Morgan fingerprint density at radius 1 is 1.38 bits per heavy atom. The number of nitrogens with one attached hydrogen (secondary N) is 3. The van der Waals surface area contributed by atoms with Gasteiger partial charge in [-0.2, -0.15) is 9.82 Å². The zero-order chi connectivity index (χ0) is 15.3. The summed E-state index contributed by atoms with van der Waals surface area (Å²) in [7, 11) is -3.76. The Labute approximate surface area is 123 Å². The first kappa shape index (κ1) is 15.4. The van der Waals surface area contributed by atoms with E-state index in [0.29, 0.717) is 18.1 Å². The van der Waals surface area contributed by atoms with Crippen LogP contribution in [0, 0.1) is 0 Å². The minimum Gasteiger partial charge on any atom is -0.383 e. The van der Waals surface area contributed by atoms with Gasteiger partial charge in [0.15, 0.2) is 5.03 Å². The quantitative estimate of drug-likeness (QED) is 0.705. The maximum Gasteiger partial charge on any atom is 0.260 e. The average Bonchev–Trinajstić information content (AvgIpc) is 2.99. The number of hydrogen-bond acceptors (Lipinski definition) is 6. The summed E-state index contributed by atoms with van der Waals surface area (Å²) in [5.41, 5.74) is 0.483. The van der Waals surface area contributed by atoms with Crippen molar-refractivity contribution in [2.24, 2.45) is 0 Å². The predicted octanol–water partition coefficient (Wildman–Crippen LogP) is 1.06. The van der Waals surface area contributed by atoms with Crippen LogP contribution in [0.25, 0.3) is 0 Å². The maximum atomic E-state index is 12.4. The van der Waals surface area contributed by atoms with Crippen LogP contribution in [0.5, 0.6) is 0 Å². The number of rotatable bonds is 7. The lowest BCUT2D eigenvalue weighted by Crippen LogP contribution is -2.29. The molecule has 0 aliphatic carbocycles. The molecule has 2 aromatic rings. The van der Waals surface area contributed by atoms with E-state index in [9.17, 15) is 8.42 Å². The van der Waals surface area contributed by atoms with Crippen LogP contribution in [0.1, 0.15) is 32.1 Å². The van der Waals surface area contributed by atoms with Crippen LogP contribution in [-0.4, -0.2) is 35.1 Å². The molecule has 114 valence electrons. The SMILES string of the molecule is CCCNc1cccnc1S(=O)(=O)NC(C)c1ncn[nH]1. The zero-order valence-corrected chi connectivity index (χ0v) is 12.7. The van der Waals surface area contributed by atoms with E-state index in [1.165, 1.54) is 12.5 Å². The van der Waals surface area contributed by atoms with E-state index in [4.69, 9.17) is 0 Å². The third-order valence-electron chi connectivity index (χ3n) is 2.77. The van der Waals surface area contributed by atoms with Crippen LogP contribution in [-0.2, 0) is 10.0 Å². The molecule has 0 aliphatic heterocycles. The standard InChI is InChI=1S/C12H18N6O2S/c1-3-6-13-10-5-4-7-14-12(10)21(19,20)18-9(2)11-15-8-16-17-11/h4-5,7-9,13,18H,3,6H2,1-2H3,(H,15,16,17). The fourth-order valence-corrected chi connectivity index (χ4v) is 3.09. The van der Waals surface area contributed by atoms with Gasteiger partial charge in [0.25, 0.3) is 10.0 Å². The van der Waals surface area contributed by atoms with Gasteiger partial charge in [-0.3, -0.25) is 5.10 Å². The van der Waals surface area contributed by atoms with Crippen molar-refractivity contribution in [3.63, 3.8) is 0 Å². The van der Waals surface area contributed by atoms with E-state index >= 15 is 0 Å². The molecule has 0 bridgehead atoms. The second kappa shape index (κ2) is 6.64. The van der Waals surface area contributed by atoms with Gasteiger partial charge in [-0.25, -0.2) is 18.4 Å². The first-order chi connectivity index (χ1) is 10.0. The number of anilines is 1. The Balaban J connectivity index is 2.23. The predicted molar refractivity (Wildman–Crippen MR) is 78.1 cm³/mol. The molecule has 21 heavy (non-hydrogen) atoms. The summed E-state index contributed by atoms with van der Waals surface area (Å²) in [6.45, 7) is 4.35. The fraction of sp³-hybridized carbons (Fsp3) is 0.417. The Kier molecular flexibility index (Phi) is 4.86. The molecule has 0 aromatic carbocycles. The zero-order valence-electron chi connectivity index (χ0n) is 11.9. The summed E-state index contributed by atoms with van der Waals surface area (Å²) >= 11 is 0. The van der Waals surface area contributed by atoms with Gasteiger partial charge in [-0.05, 0) is 25.5 Å². The highest BCUT2D eigenvalue weighted by Crippen LogP contribution is 2.20. The summed E-state index contributed by atoms with van der Waals surface area (Å²) in [5, 5.41) is 9.38. The van der Waals surface area contributed by atoms with Crippen LogP contribution < -0.4 is 10.0 Å². The monoisotopic (exact) mass is 310 g/mol. The van der Waals surface area contributed by atoms with Crippen molar-refractivity contribution >= 4 is 15.7 Å². The Morgan fingerprint density at radius 2 is 2.19 bits per heavy atom. The third-order valence-corrected chi connectivity index (χ3v) is 4.27. The largest absolute Gasteiger partial charge is 0.383 e. The third kappa shape index (κ3) is 3.76. The highest BCUT2D eigenvalue weighted by atomic mass is 32.2. The molecule has 0 radical (unpaired) electrons. The molecule has 0 saturated heterocycles. The minimum atomic E-state index is -3.76. The molecular weight excluding hydrogens is 292 g/mol. The van der Waals surface area contributed by atoms with Crippen molar-refractivity contribution in [3.05, 3.63) is 30.5 Å². The van der Waals surface area contributed by atoms with Crippen LogP contribution in [0.2, 0.25) is 0 Å². The molecule has 1 unspecified atom stereocenters. The van der Waals surface area contributed by atoms with Gasteiger partial charge in [-0.1, -0.05) is 6.92 Å². The summed E-state index contributed by atoms with van der Waals surface area (Å²) in [6, 6.07) is 2.85. The lowest BCUT2D eigenvalue weighted by Gasteiger charge is -2.14. The molecular formula is C12H18N6O2S. The number of hydrogen-bond donors (Lipinski definition) is 3. The number of pyridine rings is 1. The van der Waals surface area contributed by atoms with Gasteiger partial charge >= 0.3 is 0 Å². The van der Waals surface area contributed by atoms with Crippen molar-refractivity contribution in [1.82, 2.24) is 24.9 Å². The van der Waals surface area contributed by atoms with Gasteiger partial charge < -0.3 is 5.32 Å². The highest BCUT2D eigenvalue weighted by Gasteiger charge is 2.23. The highest BCUT2D eigenvalue weighted by molar-refractivity contribution is 7.89. The first-order valence-electron chi connectivity index (χ1n) is 6.61. The van der Waals surface area contributed by atoms with Gasteiger partial charge in [-0.15, -0.1) is 0 Å². The molecule has 0 fully saturated rings. The van der Waals surface area contributed by atoms with E-state index in [0.717, 1.165) is 6.42 Å². The van der Waals surface area contributed by atoms with E-state index in [2.05, 4.69) is 30.2 Å². The van der Waals surface area contributed by atoms with Crippen LogP contribution >= 0.6 is 0 Å². The number of aromatic amines is 1. The maximum absolute atomic E-state index is 12.4. The van der Waals surface area contributed by atoms with E-state index in [1.807, 2.05) is 6.92 Å². The number of aromatic nitrogens is 4. The smallest absolute Gasteiger partial charge is 0.260 e. The van der Waals surface area contributed by atoms with Crippen molar-refractivity contribution in [2.75, 3.05) is 11.9 Å². The Hall–Kier alpha value is -2.00. The molecule has 2 rings (SSSR count). The van der Waals surface area contributed by atoms with Gasteiger partial charge in [0.05, 0.1) is 11.7 Å². The normalized spacial score (nSPS) is 13.0. The van der Waals surface area contributed by atoms with Crippen molar-refractivity contribution in [3.8, 4) is 0 Å². The molecule has 2 aromatic heterocycles. The summed E-state index contributed by atoms with van der Waals surface area (Å²) in [5.74, 6) is 0.442. The molecule has 0 amide bonds. The molecule has 0 aliphatic rings. The van der Waals surface area contributed by atoms with Gasteiger partial charge in [0.2, 0.25) is 0 Å². The number of nitrogens with zero attached hydrogens (tertiary/aromatic N) is 3. The lowest BCUT2D eigenvalue weighted by molar-refractivity contribution is 0.557. The number of sulfonamides is 1. The topological polar surface area (TPSA) is 113 Å². The van der Waals surface area contributed by atoms with Crippen LogP contribution in [0.4, 0.5) is 5.69 Å². The molecule has 8 nitrogen and oxygen atoms in total. The van der Waals surface area contributed by atoms with Gasteiger partial charge in [0, 0.05) is 12.7 Å².